The smallest absolute Gasteiger partial charge is 0.164 e. The first-order valence-electron chi connectivity index (χ1n) is 7.53. The van der Waals surface area contributed by atoms with Gasteiger partial charge in [-0.2, -0.15) is 0 Å². The lowest BCUT2D eigenvalue weighted by atomic mass is 9.78. The predicted molar refractivity (Wildman–Crippen MR) is 87.2 cm³/mol. The van der Waals surface area contributed by atoms with Crippen molar-refractivity contribution in [2.75, 3.05) is 19.6 Å². The van der Waals surface area contributed by atoms with Gasteiger partial charge in [0.1, 0.15) is 0 Å². The fraction of sp³-hybridized carbons (Fsp3) is 0.588. The molecule has 1 aromatic carbocycles. The summed E-state index contributed by atoms with van der Waals surface area (Å²) in [6, 6.07) is 7.66. The molecule has 0 aliphatic carbocycles. The molecule has 1 fully saturated rings. The highest BCUT2D eigenvalue weighted by atomic mass is 79.9. The van der Waals surface area contributed by atoms with Crippen LogP contribution in [0.25, 0.3) is 0 Å². The third-order valence-corrected chi connectivity index (χ3v) is 5.27. The zero-order valence-corrected chi connectivity index (χ0v) is 14.1. The van der Waals surface area contributed by atoms with Gasteiger partial charge in [-0.05, 0) is 43.5 Å². The van der Waals surface area contributed by atoms with Crippen LogP contribution in [0.4, 0.5) is 0 Å². The van der Waals surface area contributed by atoms with Crippen LogP contribution in [0.3, 0.4) is 0 Å². The molecule has 0 aromatic heterocycles. The second-order valence-corrected chi connectivity index (χ2v) is 7.10. The highest BCUT2D eigenvalue weighted by Crippen LogP contribution is 2.33. The summed E-state index contributed by atoms with van der Waals surface area (Å²) in [4.78, 5) is 14.6. The van der Waals surface area contributed by atoms with Crippen molar-refractivity contribution in [3.05, 3.63) is 34.3 Å². The molecule has 20 heavy (non-hydrogen) atoms. The first-order chi connectivity index (χ1) is 9.52. The Morgan fingerprint density at radius 3 is 2.40 bits per heavy atom. The molecule has 0 unspecified atom stereocenters. The van der Waals surface area contributed by atoms with Crippen LogP contribution in [-0.2, 0) is 0 Å². The van der Waals surface area contributed by atoms with Gasteiger partial charge in [0.2, 0.25) is 0 Å². The summed E-state index contributed by atoms with van der Waals surface area (Å²) in [5.74, 6) is 0.251. The van der Waals surface area contributed by atoms with E-state index in [4.69, 9.17) is 0 Å². The lowest BCUT2D eigenvalue weighted by Gasteiger charge is -2.38. The van der Waals surface area contributed by atoms with E-state index >= 15 is 0 Å². The maximum Gasteiger partial charge on any atom is 0.164 e. The van der Waals surface area contributed by atoms with E-state index < -0.39 is 0 Å². The van der Waals surface area contributed by atoms with Gasteiger partial charge < -0.3 is 4.90 Å². The highest BCUT2D eigenvalue weighted by molar-refractivity contribution is 9.10. The number of hydrogen-bond acceptors (Lipinski definition) is 2. The van der Waals surface area contributed by atoms with Crippen molar-refractivity contribution in [2.45, 2.75) is 39.5 Å². The zero-order chi connectivity index (χ0) is 14.6. The zero-order valence-electron chi connectivity index (χ0n) is 12.5. The maximum absolute atomic E-state index is 12.1. The lowest BCUT2D eigenvalue weighted by Crippen LogP contribution is -2.39. The van der Waals surface area contributed by atoms with Gasteiger partial charge in [-0.3, -0.25) is 4.79 Å². The normalized spacial score (nSPS) is 18.9. The number of carbonyl (C=O) groups is 1. The van der Waals surface area contributed by atoms with Gasteiger partial charge in [0.05, 0.1) is 0 Å². The molecule has 3 heteroatoms. The summed E-state index contributed by atoms with van der Waals surface area (Å²) in [6.45, 7) is 7.84. The maximum atomic E-state index is 12.1. The average molecular weight is 338 g/mol. The van der Waals surface area contributed by atoms with Gasteiger partial charge in [0.15, 0.2) is 5.78 Å². The quantitative estimate of drug-likeness (QED) is 0.735. The standard InChI is InChI=1S/C17H24BrNO/c1-3-17(2)9-12-19(13-10-17)11-8-16(20)14-4-6-15(18)7-5-14/h4-7H,3,8-13H2,1-2H3. The van der Waals surface area contributed by atoms with Crippen molar-refractivity contribution in [2.24, 2.45) is 5.41 Å². The number of nitrogens with zero attached hydrogens (tertiary/aromatic N) is 1. The molecule has 1 aliphatic heterocycles. The number of halogens is 1. The SMILES string of the molecule is CCC1(C)CCN(CCC(=O)c2ccc(Br)cc2)CC1. The molecule has 1 aliphatic rings. The third kappa shape index (κ3) is 4.16. The Bertz CT molecular complexity index is 447. The molecule has 110 valence electrons. The van der Waals surface area contributed by atoms with E-state index in [9.17, 15) is 4.79 Å². The Balaban J connectivity index is 1.79. The molecule has 0 amide bonds. The van der Waals surface area contributed by atoms with Crippen LogP contribution < -0.4 is 0 Å². The number of piperidine rings is 1. The van der Waals surface area contributed by atoms with E-state index in [1.807, 2.05) is 24.3 Å². The van der Waals surface area contributed by atoms with Gasteiger partial charge in [-0.25, -0.2) is 0 Å². The Kier molecular flexibility index (Phi) is 5.39. The number of likely N-dealkylation sites (tertiary alicyclic amines) is 1. The largest absolute Gasteiger partial charge is 0.303 e. The van der Waals surface area contributed by atoms with Gasteiger partial charge >= 0.3 is 0 Å². The van der Waals surface area contributed by atoms with Crippen LogP contribution in [-0.4, -0.2) is 30.3 Å². The van der Waals surface area contributed by atoms with Gasteiger partial charge in [0, 0.05) is 23.0 Å². The van der Waals surface area contributed by atoms with Crippen LogP contribution in [0.15, 0.2) is 28.7 Å². The molecule has 1 heterocycles. The van der Waals surface area contributed by atoms with Crippen LogP contribution >= 0.6 is 15.9 Å². The fourth-order valence-corrected chi connectivity index (χ4v) is 2.97. The van der Waals surface area contributed by atoms with Crippen molar-refractivity contribution in [3.63, 3.8) is 0 Å². The fourth-order valence-electron chi connectivity index (χ4n) is 2.71. The third-order valence-electron chi connectivity index (χ3n) is 4.74. The van der Waals surface area contributed by atoms with Crippen molar-refractivity contribution in [3.8, 4) is 0 Å². The summed E-state index contributed by atoms with van der Waals surface area (Å²) >= 11 is 3.39. The summed E-state index contributed by atoms with van der Waals surface area (Å²) in [5, 5.41) is 0. The average Bonchev–Trinajstić information content (AvgIpc) is 2.47. The van der Waals surface area contributed by atoms with E-state index in [0.717, 1.165) is 29.7 Å². The molecule has 0 bridgehead atoms. The van der Waals surface area contributed by atoms with E-state index in [1.165, 1.54) is 19.3 Å². The van der Waals surface area contributed by atoms with E-state index in [2.05, 4.69) is 34.7 Å². The van der Waals surface area contributed by atoms with Gasteiger partial charge in [0.25, 0.3) is 0 Å². The summed E-state index contributed by atoms with van der Waals surface area (Å²) in [6.07, 6.45) is 4.41. The second-order valence-electron chi connectivity index (χ2n) is 6.19. The van der Waals surface area contributed by atoms with E-state index in [1.54, 1.807) is 0 Å². The van der Waals surface area contributed by atoms with Crippen molar-refractivity contribution < 1.29 is 4.79 Å². The van der Waals surface area contributed by atoms with Crippen LogP contribution in [0.5, 0.6) is 0 Å². The summed E-state index contributed by atoms with van der Waals surface area (Å²) in [5.41, 5.74) is 1.34. The first kappa shape index (κ1) is 15.7. The number of hydrogen-bond donors (Lipinski definition) is 0. The molecule has 0 radical (unpaired) electrons. The van der Waals surface area contributed by atoms with Crippen molar-refractivity contribution in [1.29, 1.82) is 0 Å². The van der Waals surface area contributed by atoms with Crippen LogP contribution in [0.1, 0.15) is 49.9 Å². The monoisotopic (exact) mass is 337 g/mol. The van der Waals surface area contributed by atoms with E-state index in [0.29, 0.717) is 11.8 Å². The molecule has 2 rings (SSSR count). The summed E-state index contributed by atoms with van der Waals surface area (Å²) < 4.78 is 1.02. The Labute approximate surface area is 130 Å². The van der Waals surface area contributed by atoms with Crippen LogP contribution in [0, 0.1) is 5.41 Å². The Morgan fingerprint density at radius 1 is 1.25 bits per heavy atom. The molecule has 0 N–H and O–H groups in total. The topological polar surface area (TPSA) is 20.3 Å². The lowest BCUT2D eigenvalue weighted by molar-refractivity contribution is 0.0902. The Hall–Kier alpha value is -0.670. The highest BCUT2D eigenvalue weighted by Gasteiger charge is 2.28. The molecule has 0 atom stereocenters. The molecule has 1 saturated heterocycles. The molecule has 2 nitrogen and oxygen atoms in total. The second kappa shape index (κ2) is 6.86. The number of ketones is 1. The molecule has 0 saturated carbocycles. The molecule has 0 spiro atoms. The minimum absolute atomic E-state index is 0.251. The van der Waals surface area contributed by atoms with E-state index in [-0.39, 0.29) is 5.78 Å². The Morgan fingerprint density at radius 2 is 1.85 bits per heavy atom. The van der Waals surface area contributed by atoms with Gasteiger partial charge in [-0.1, -0.05) is 48.3 Å². The molecular weight excluding hydrogens is 314 g/mol. The minimum Gasteiger partial charge on any atom is -0.303 e. The number of rotatable bonds is 5. The number of Topliss-reactive ketones (excluding diaryl/α,β-unsaturated/α-hetero) is 1. The van der Waals surface area contributed by atoms with Gasteiger partial charge in [-0.15, -0.1) is 0 Å². The summed E-state index contributed by atoms with van der Waals surface area (Å²) in [7, 11) is 0. The number of carbonyl (C=O) groups excluding carboxylic acids is 1. The molecule has 1 aromatic rings. The first-order valence-corrected chi connectivity index (χ1v) is 8.33. The molecular formula is C17H24BrNO. The minimum atomic E-state index is 0.251. The van der Waals surface area contributed by atoms with Crippen LogP contribution in [0.2, 0.25) is 0 Å². The number of benzene rings is 1. The van der Waals surface area contributed by atoms with Crippen molar-refractivity contribution >= 4 is 21.7 Å². The van der Waals surface area contributed by atoms with Crippen molar-refractivity contribution in [1.82, 2.24) is 4.90 Å². The predicted octanol–water partition coefficient (Wildman–Crippen LogP) is 4.53.